The van der Waals surface area contributed by atoms with Crippen molar-refractivity contribution >= 4 is 32.3 Å². The fourth-order valence-corrected chi connectivity index (χ4v) is 1.65. The summed E-state index contributed by atoms with van der Waals surface area (Å²) >= 11 is 4.37. The number of aliphatic hydroxyl groups is 1. The Morgan fingerprint density at radius 1 is 1.75 bits per heavy atom. The van der Waals surface area contributed by atoms with Gasteiger partial charge in [0.1, 0.15) is 0 Å². The van der Waals surface area contributed by atoms with E-state index < -0.39 is 0 Å². The van der Waals surface area contributed by atoms with Gasteiger partial charge in [-0.25, -0.2) is 0 Å². The number of aliphatic hydroxyl groups excluding tert-OH is 1. The maximum atomic E-state index is 8.67. The minimum absolute atomic E-state index is 0.519. The van der Waals surface area contributed by atoms with Crippen molar-refractivity contribution in [2.75, 3.05) is 11.1 Å². The van der Waals surface area contributed by atoms with Crippen molar-refractivity contribution in [2.45, 2.75) is 13.3 Å². The van der Waals surface area contributed by atoms with Gasteiger partial charge in [0.2, 0.25) is 0 Å². The van der Waals surface area contributed by atoms with E-state index in [-0.39, 0.29) is 0 Å². The Hall–Kier alpha value is 0.660. The summed E-state index contributed by atoms with van der Waals surface area (Å²) < 4.78 is 0. The molecule has 0 aromatic carbocycles. The standard InChI is InChI=1S/C5H11BrOS/c1-5(7)8-4-2-3-6/h7-8H,2-4H2,1H3. The van der Waals surface area contributed by atoms with Crippen LogP contribution in [0.3, 0.4) is 0 Å². The summed E-state index contributed by atoms with van der Waals surface area (Å²) in [6.45, 7) is 1.73. The fraction of sp³-hybridized carbons (Fsp3) is 0.800. The van der Waals surface area contributed by atoms with Crippen LogP contribution < -0.4 is 0 Å². The van der Waals surface area contributed by atoms with E-state index in [1.807, 2.05) is 0 Å². The highest BCUT2D eigenvalue weighted by atomic mass is 79.9. The van der Waals surface area contributed by atoms with Crippen LogP contribution in [-0.4, -0.2) is 21.2 Å². The lowest BCUT2D eigenvalue weighted by molar-refractivity contribution is 0.564. The number of thiol groups is 1. The van der Waals surface area contributed by atoms with Crippen molar-refractivity contribution in [1.29, 1.82) is 0 Å². The van der Waals surface area contributed by atoms with Crippen LogP contribution in [0.5, 0.6) is 0 Å². The van der Waals surface area contributed by atoms with Gasteiger partial charge >= 0.3 is 0 Å². The summed E-state index contributed by atoms with van der Waals surface area (Å²) in [4.78, 5) is 0. The largest absolute Gasteiger partial charge is 0.360 e. The van der Waals surface area contributed by atoms with Gasteiger partial charge in [0.25, 0.3) is 0 Å². The van der Waals surface area contributed by atoms with E-state index in [1.165, 1.54) is 0 Å². The molecular formula is C5H11BrOS. The van der Waals surface area contributed by atoms with Crippen LogP contribution in [0.1, 0.15) is 13.3 Å². The predicted octanol–water partition coefficient (Wildman–Crippen LogP) is 1.94. The Bertz CT molecular complexity index is 78.5. The highest BCUT2D eigenvalue weighted by Crippen LogP contribution is 1.95. The van der Waals surface area contributed by atoms with Gasteiger partial charge in [-0.2, -0.15) is 11.4 Å². The van der Waals surface area contributed by atoms with Crippen LogP contribution in [0, 0.1) is 0 Å². The topological polar surface area (TPSA) is 20.2 Å². The van der Waals surface area contributed by atoms with Gasteiger partial charge in [-0.3, -0.25) is 0 Å². The molecule has 0 aliphatic carbocycles. The van der Waals surface area contributed by atoms with Crippen molar-refractivity contribution in [1.82, 2.24) is 0 Å². The zero-order valence-corrected chi connectivity index (χ0v) is 7.37. The SMILES string of the molecule is CC(O)=[SH]CCCBr. The van der Waals surface area contributed by atoms with Gasteiger partial charge in [0, 0.05) is 5.33 Å². The normalized spacial score (nSPS) is 13.1. The zero-order valence-electron chi connectivity index (χ0n) is 4.89. The molecule has 1 N–H and O–H groups in total. The lowest BCUT2D eigenvalue weighted by Gasteiger charge is -1.88. The lowest BCUT2D eigenvalue weighted by Crippen LogP contribution is -1.84. The molecule has 0 atom stereocenters. The van der Waals surface area contributed by atoms with Crippen LogP contribution >= 0.6 is 27.3 Å². The average Bonchev–Trinajstić information content (AvgIpc) is 1.66. The van der Waals surface area contributed by atoms with Crippen LogP contribution in [-0.2, 0) is 0 Å². The molecule has 0 spiro atoms. The molecule has 0 aromatic rings. The smallest absolute Gasteiger partial charge is 0.0663 e. The van der Waals surface area contributed by atoms with E-state index in [9.17, 15) is 0 Å². The van der Waals surface area contributed by atoms with Crippen molar-refractivity contribution in [2.24, 2.45) is 0 Å². The molecular weight excluding hydrogens is 188 g/mol. The number of hydrogen-bond donors (Lipinski definition) is 2. The van der Waals surface area contributed by atoms with Crippen LogP contribution in [0.4, 0.5) is 0 Å². The summed E-state index contributed by atoms with van der Waals surface area (Å²) in [6, 6.07) is 0. The van der Waals surface area contributed by atoms with Gasteiger partial charge in [-0.05, 0) is 19.1 Å². The molecule has 0 saturated carbocycles. The predicted molar refractivity (Wildman–Crippen MR) is 45.6 cm³/mol. The Kier molecular flexibility index (Phi) is 6.27. The third kappa shape index (κ3) is 6.66. The number of alkyl halides is 1. The second-order valence-electron chi connectivity index (χ2n) is 1.47. The van der Waals surface area contributed by atoms with Gasteiger partial charge in [0.05, 0.1) is 5.05 Å². The fourth-order valence-electron chi connectivity index (χ4n) is 0.301. The van der Waals surface area contributed by atoms with Gasteiger partial charge in [-0.15, -0.1) is 0 Å². The molecule has 1 nitrogen and oxygen atoms in total. The Morgan fingerprint density at radius 3 is 2.75 bits per heavy atom. The van der Waals surface area contributed by atoms with Crippen molar-refractivity contribution in [3.63, 3.8) is 0 Å². The van der Waals surface area contributed by atoms with E-state index in [2.05, 4.69) is 15.9 Å². The quantitative estimate of drug-likeness (QED) is 0.308. The molecule has 0 bridgehead atoms. The van der Waals surface area contributed by atoms with E-state index in [0.29, 0.717) is 5.05 Å². The van der Waals surface area contributed by atoms with Crippen molar-refractivity contribution < 1.29 is 5.11 Å². The molecule has 50 valence electrons. The maximum absolute atomic E-state index is 8.67. The molecule has 0 fully saturated rings. The van der Waals surface area contributed by atoms with Gasteiger partial charge < -0.3 is 5.11 Å². The second-order valence-corrected chi connectivity index (χ2v) is 3.68. The Balaban J connectivity index is 3.03. The number of rotatable bonds is 3. The summed E-state index contributed by atoms with van der Waals surface area (Å²) in [6.07, 6.45) is 1.14. The zero-order chi connectivity index (χ0) is 6.41. The molecule has 0 amide bonds. The molecule has 3 heteroatoms. The van der Waals surface area contributed by atoms with E-state index in [0.717, 1.165) is 28.9 Å². The first-order valence-electron chi connectivity index (χ1n) is 2.53. The monoisotopic (exact) mass is 198 g/mol. The summed E-state index contributed by atoms with van der Waals surface area (Å²) in [5.41, 5.74) is 0. The average molecular weight is 199 g/mol. The van der Waals surface area contributed by atoms with E-state index >= 15 is 0 Å². The van der Waals surface area contributed by atoms with Crippen molar-refractivity contribution in [3.8, 4) is 0 Å². The Morgan fingerprint density at radius 2 is 2.38 bits per heavy atom. The summed E-state index contributed by atoms with van der Waals surface area (Å²) in [5.74, 6) is 1.06. The maximum Gasteiger partial charge on any atom is 0.0663 e. The highest BCUT2D eigenvalue weighted by molar-refractivity contribution is 9.09. The second kappa shape index (κ2) is 5.79. The molecule has 0 aliphatic rings. The first-order chi connectivity index (χ1) is 3.77. The molecule has 0 radical (unpaired) electrons. The van der Waals surface area contributed by atoms with Gasteiger partial charge in [-0.1, -0.05) is 15.9 Å². The van der Waals surface area contributed by atoms with Crippen LogP contribution in [0.25, 0.3) is 0 Å². The minimum Gasteiger partial charge on any atom is -0.360 e. The Labute approximate surface area is 62.2 Å². The van der Waals surface area contributed by atoms with E-state index in [1.54, 1.807) is 6.92 Å². The molecule has 0 aromatic heterocycles. The molecule has 0 rings (SSSR count). The molecule has 8 heavy (non-hydrogen) atoms. The third-order valence-corrected chi connectivity index (χ3v) is 2.19. The third-order valence-electron chi connectivity index (χ3n) is 0.632. The van der Waals surface area contributed by atoms with Crippen molar-refractivity contribution in [3.05, 3.63) is 0 Å². The lowest BCUT2D eigenvalue weighted by atomic mass is 10.6. The first kappa shape index (κ1) is 8.66. The van der Waals surface area contributed by atoms with Crippen LogP contribution in [0.2, 0.25) is 0 Å². The summed E-state index contributed by atoms with van der Waals surface area (Å²) in [7, 11) is 0. The first-order valence-corrected chi connectivity index (χ1v) is 4.73. The molecule has 0 aliphatic heterocycles. The highest BCUT2D eigenvalue weighted by Gasteiger charge is 1.79. The number of halogens is 1. The minimum atomic E-state index is 0.519. The summed E-state index contributed by atoms with van der Waals surface area (Å²) in [5, 5.41) is 10.2. The molecule has 0 heterocycles. The molecule has 0 saturated heterocycles. The molecule has 0 unspecified atom stereocenters. The van der Waals surface area contributed by atoms with E-state index in [4.69, 9.17) is 5.11 Å². The number of hydrogen-bond acceptors (Lipinski definition) is 0. The van der Waals surface area contributed by atoms with Gasteiger partial charge in [0.15, 0.2) is 0 Å². The van der Waals surface area contributed by atoms with Crippen LogP contribution in [0.15, 0.2) is 0 Å².